The Hall–Kier alpha value is -3.34. The maximum Gasteiger partial charge on any atom is 0.244 e. The number of furan rings is 1. The van der Waals surface area contributed by atoms with Gasteiger partial charge in [-0.1, -0.05) is 30.3 Å². The molecule has 0 aliphatic heterocycles. The van der Waals surface area contributed by atoms with Gasteiger partial charge in [-0.3, -0.25) is 9.59 Å². The first-order valence-corrected chi connectivity index (χ1v) is 8.36. The molecule has 0 aliphatic carbocycles. The number of carbonyl (C=O) groups excluding carboxylic acids is 2. The van der Waals surface area contributed by atoms with Crippen LogP contribution >= 0.6 is 0 Å². The van der Waals surface area contributed by atoms with E-state index < -0.39 is 0 Å². The second-order valence-corrected chi connectivity index (χ2v) is 6.05. The summed E-state index contributed by atoms with van der Waals surface area (Å²) < 4.78 is 5.77. The first-order chi connectivity index (χ1) is 12.5. The molecule has 0 aliphatic rings. The number of anilines is 1. The second-order valence-electron chi connectivity index (χ2n) is 6.05. The molecule has 0 saturated carbocycles. The van der Waals surface area contributed by atoms with Crippen LogP contribution in [0.1, 0.15) is 31.2 Å². The van der Waals surface area contributed by atoms with E-state index >= 15 is 0 Å². The smallest absolute Gasteiger partial charge is 0.244 e. The third-order valence-electron chi connectivity index (χ3n) is 3.89. The maximum atomic E-state index is 12.1. The van der Waals surface area contributed by atoms with Crippen molar-refractivity contribution in [1.82, 2.24) is 5.32 Å². The number of hydrogen-bond donors (Lipinski definition) is 2. The van der Waals surface area contributed by atoms with Gasteiger partial charge in [0.2, 0.25) is 11.8 Å². The summed E-state index contributed by atoms with van der Waals surface area (Å²) in [5.74, 6) is 0.392. The van der Waals surface area contributed by atoms with E-state index in [0.717, 1.165) is 22.2 Å². The predicted molar refractivity (Wildman–Crippen MR) is 103 cm³/mol. The number of hydrogen-bond acceptors (Lipinski definition) is 3. The van der Waals surface area contributed by atoms with Gasteiger partial charge in [0, 0.05) is 24.1 Å². The van der Waals surface area contributed by atoms with Crippen molar-refractivity contribution in [3.63, 3.8) is 0 Å². The maximum absolute atomic E-state index is 12.1. The number of benzene rings is 2. The van der Waals surface area contributed by atoms with E-state index in [1.54, 1.807) is 18.2 Å². The first-order valence-electron chi connectivity index (χ1n) is 8.36. The van der Waals surface area contributed by atoms with Crippen LogP contribution in [0.3, 0.4) is 0 Å². The minimum atomic E-state index is -0.235. The van der Waals surface area contributed by atoms with Gasteiger partial charge in [-0.25, -0.2) is 0 Å². The minimum absolute atomic E-state index is 0.118. The van der Waals surface area contributed by atoms with Gasteiger partial charge in [0.15, 0.2) is 0 Å². The lowest BCUT2D eigenvalue weighted by atomic mass is 10.2. The molecule has 5 heteroatoms. The molecule has 0 bridgehead atoms. The molecule has 3 aromatic rings. The van der Waals surface area contributed by atoms with Gasteiger partial charge < -0.3 is 15.1 Å². The number of fused-ring (bicyclic) bond motifs is 1. The molecule has 0 spiro atoms. The summed E-state index contributed by atoms with van der Waals surface area (Å²) in [4.78, 5) is 23.1. The van der Waals surface area contributed by atoms with E-state index in [1.165, 1.54) is 13.0 Å². The van der Waals surface area contributed by atoms with E-state index in [0.29, 0.717) is 5.76 Å². The molecule has 1 heterocycles. The Labute approximate surface area is 151 Å². The molecule has 132 valence electrons. The minimum Gasteiger partial charge on any atom is -0.459 e. The lowest BCUT2D eigenvalue weighted by Gasteiger charge is -2.09. The highest BCUT2D eigenvalue weighted by atomic mass is 16.3. The molecule has 3 rings (SSSR count). The zero-order valence-electron chi connectivity index (χ0n) is 14.7. The van der Waals surface area contributed by atoms with Crippen LogP contribution in [0.4, 0.5) is 5.69 Å². The Kier molecular flexibility index (Phi) is 5.17. The number of nitrogens with one attached hydrogen (secondary N) is 2. The van der Waals surface area contributed by atoms with Crippen molar-refractivity contribution in [3.8, 4) is 0 Å². The molecule has 2 aromatic carbocycles. The summed E-state index contributed by atoms with van der Waals surface area (Å²) in [5, 5.41) is 6.60. The Morgan fingerprint density at radius 2 is 1.81 bits per heavy atom. The molecular weight excluding hydrogens is 328 g/mol. The third-order valence-corrected chi connectivity index (χ3v) is 3.89. The summed E-state index contributed by atoms with van der Waals surface area (Å²) >= 11 is 0. The van der Waals surface area contributed by atoms with Gasteiger partial charge in [-0.2, -0.15) is 0 Å². The van der Waals surface area contributed by atoms with Gasteiger partial charge in [-0.05, 0) is 42.8 Å². The van der Waals surface area contributed by atoms with Crippen LogP contribution in [-0.2, 0) is 9.59 Å². The highest BCUT2D eigenvalue weighted by molar-refractivity contribution is 5.92. The van der Waals surface area contributed by atoms with E-state index in [-0.39, 0.29) is 17.9 Å². The Bertz CT molecular complexity index is 922. The number of amides is 2. The lowest BCUT2D eigenvalue weighted by Crippen LogP contribution is -2.24. The average molecular weight is 348 g/mol. The molecular formula is C21H20N2O3. The van der Waals surface area contributed by atoms with Crippen LogP contribution in [0, 0.1) is 0 Å². The molecule has 2 N–H and O–H groups in total. The second kappa shape index (κ2) is 7.70. The van der Waals surface area contributed by atoms with Crippen LogP contribution in [0.25, 0.3) is 17.0 Å². The Balaban J connectivity index is 1.60. The summed E-state index contributed by atoms with van der Waals surface area (Å²) in [5.41, 5.74) is 2.39. The molecule has 0 fully saturated rings. The highest BCUT2D eigenvalue weighted by Gasteiger charge is 2.12. The summed E-state index contributed by atoms with van der Waals surface area (Å²) in [6.45, 7) is 3.34. The molecule has 26 heavy (non-hydrogen) atoms. The summed E-state index contributed by atoms with van der Waals surface area (Å²) in [6, 6.07) is 16.7. The van der Waals surface area contributed by atoms with Gasteiger partial charge in [0.1, 0.15) is 11.3 Å². The van der Waals surface area contributed by atoms with Gasteiger partial charge in [-0.15, -0.1) is 0 Å². The van der Waals surface area contributed by atoms with Crippen LogP contribution in [-0.4, -0.2) is 11.8 Å². The Morgan fingerprint density at radius 3 is 2.50 bits per heavy atom. The molecule has 1 unspecified atom stereocenters. The fourth-order valence-electron chi connectivity index (χ4n) is 2.60. The lowest BCUT2D eigenvalue weighted by molar-refractivity contribution is -0.117. The highest BCUT2D eigenvalue weighted by Crippen LogP contribution is 2.23. The van der Waals surface area contributed by atoms with Crippen LogP contribution in [0.15, 0.2) is 65.1 Å². The molecule has 5 nitrogen and oxygen atoms in total. The predicted octanol–water partition coefficient (Wildman–Crippen LogP) is 4.28. The van der Waals surface area contributed by atoms with Crippen LogP contribution < -0.4 is 10.6 Å². The quantitative estimate of drug-likeness (QED) is 0.676. The number of para-hydroxylation sites is 1. The van der Waals surface area contributed by atoms with Gasteiger partial charge in [0.05, 0.1) is 6.04 Å². The summed E-state index contributed by atoms with van der Waals surface area (Å²) in [6.07, 6.45) is 3.20. The fourth-order valence-corrected chi connectivity index (χ4v) is 2.60. The van der Waals surface area contributed by atoms with Crippen molar-refractivity contribution < 1.29 is 14.0 Å². The van der Waals surface area contributed by atoms with Gasteiger partial charge >= 0.3 is 0 Å². The third kappa shape index (κ3) is 4.39. The average Bonchev–Trinajstić information content (AvgIpc) is 3.05. The van der Waals surface area contributed by atoms with Crippen LogP contribution in [0.2, 0.25) is 0 Å². The van der Waals surface area contributed by atoms with Crippen molar-refractivity contribution in [2.75, 3.05) is 5.32 Å². The zero-order chi connectivity index (χ0) is 18.5. The van der Waals surface area contributed by atoms with Crippen molar-refractivity contribution in [1.29, 1.82) is 0 Å². The first kappa shape index (κ1) is 17.5. The summed E-state index contributed by atoms with van der Waals surface area (Å²) in [7, 11) is 0. The van der Waals surface area contributed by atoms with Crippen molar-refractivity contribution in [2.24, 2.45) is 0 Å². The molecule has 1 atom stereocenters. The molecule has 0 radical (unpaired) electrons. The normalized spacial score (nSPS) is 12.2. The molecule has 1 aromatic heterocycles. The fraction of sp³-hybridized carbons (Fsp3) is 0.143. The Morgan fingerprint density at radius 1 is 1.08 bits per heavy atom. The van der Waals surface area contributed by atoms with Crippen molar-refractivity contribution in [3.05, 3.63) is 72.0 Å². The number of carbonyl (C=O) groups is 2. The molecule has 2 amide bonds. The largest absolute Gasteiger partial charge is 0.459 e. The van der Waals surface area contributed by atoms with E-state index in [9.17, 15) is 9.59 Å². The number of rotatable bonds is 5. The van der Waals surface area contributed by atoms with E-state index in [4.69, 9.17) is 4.42 Å². The van der Waals surface area contributed by atoms with E-state index in [2.05, 4.69) is 10.6 Å². The SMILES string of the molecule is CC(=O)Nc1ccc(/C=C/C(=O)NC(C)c2cc3ccccc3o2)cc1. The van der Waals surface area contributed by atoms with Crippen LogP contribution in [0.5, 0.6) is 0 Å². The topological polar surface area (TPSA) is 71.3 Å². The van der Waals surface area contributed by atoms with Crippen molar-refractivity contribution >= 4 is 34.5 Å². The van der Waals surface area contributed by atoms with E-state index in [1.807, 2.05) is 49.4 Å². The van der Waals surface area contributed by atoms with Gasteiger partial charge in [0.25, 0.3) is 0 Å². The molecule has 0 saturated heterocycles. The zero-order valence-corrected chi connectivity index (χ0v) is 14.7. The standard InChI is InChI=1S/C21H20N2O3/c1-14(20-13-17-5-3-4-6-19(17)26-20)22-21(25)12-9-16-7-10-18(11-8-16)23-15(2)24/h3-14H,1-2H3,(H,22,25)(H,23,24)/b12-9+. The van der Waals surface area contributed by atoms with Crippen molar-refractivity contribution in [2.45, 2.75) is 19.9 Å². The monoisotopic (exact) mass is 348 g/mol.